The Morgan fingerprint density at radius 2 is 1.85 bits per heavy atom. The molecule has 0 aromatic heterocycles. The second-order valence-corrected chi connectivity index (χ2v) is 4.12. The van der Waals surface area contributed by atoms with Gasteiger partial charge in [-0.15, -0.1) is 3.89 Å². The first-order chi connectivity index (χ1) is 6.00. The molecule has 1 rings (SSSR count). The van der Waals surface area contributed by atoms with Crippen molar-refractivity contribution in [3.8, 4) is 0 Å². The zero-order valence-electron chi connectivity index (χ0n) is 7.07. The summed E-state index contributed by atoms with van der Waals surface area (Å²) < 4.78 is 33.2. The van der Waals surface area contributed by atoms with Crippen molar-refractivity contribution >= 4 is 16.3 Å². The fraction of sp³-hybridized carbons (Fsp3) is 0.111. The Morgan fingerprint density at radius 3 is 2.31 bits per heavy atom. The molecule has 2 nitrogen and oxygen atoms in total. The molecule has 0 bridgehead atoms. The van der Waals surface area contributed by atoms with Gasteiger partial charge in [-0.05, 0) is 18.6 Å². The maximum Gasteiger partial charge on any atom is 0.327 e. The van der Waals surface area contributed by atoms with Gasteiger partial charge in [0, 0.05) is 0 Å². The van der Waals surface area contributed by atoms with Crippen LogP contribution in [0.25, 0.3) is 6.08 Å². The van der Waals surface area contributed by atoms with Crippen molar-refractivity contribution in [1.82, 2.24) is 0 Å². The van der Waals surface area contributed by atoms with Crippen LogP contribution in [0.15, 0.2) is 35.2 Å². The lowest BCUT2D eigenvalue weighted by molar-refractivity contribution is 0.560. The monoisotopic (exact) mass is 200 g/mol. The summed E-state index contributed by atoms with van der Waals surface area (Å²) in [5.41, 5.74) is 0.668. The molecule has 0 aliphatic rings. The minimum atomic E-state index is -4.54. The third-order valence-electron chi connectivity index (χ3n) is 1.55. The number of benzene rings is 1. The minimum absolute atomic E-state index is 0.279. The first-order valence-corrected chi connectivity index (χ1v) is 5.06. The van der Waals surface area contributed by atoms with E-state index < -0.39 is 10.2 Å². The highest BCUT2D eigenvalue weighted by molar-refractivity contribution is 7.90. The zero-order valence-corrected chi connectivity index (χ0v) is 7.88. The molecule has 13 heavy (non-hydrogen) atoms. The maximum atomic E-state index is 12.4. The first-order valence-electron chi connectivity index (χ1n) is 3.68. The van der Waals surface area contributed by atoms with Gasteiger partial charge >= 0.3 is 10.2 Å². The molecule has 0 fully saturated rings. The van der Waals surface area contributed by atoms with Crippen LogP contribution < -0.4 is 0 Å². The van der Waals surface area contributed by atoms with Crippen LogP contribution in [0.5, 0.6) is 0 Å². The number of rotatable bonds is 2. The van der Waals surface area contributed by atoms with E-state index in [1.807, 2.05) is 0 Å². The number of hydrogen-bond acceptors (Lipinski definition) is 2. The molecule has 0 aliphatic heterocycles. The van der Waals surface area contributed by atoms with Crippen molar-refractivity contribution in [3.63, 3.8) is 0 Å². The van der Waals surface area contributed by atoms with Crippen molar-refractivity contribution in [1.29, 1.82) is 0 Å². The molecule has 0 aliphatic carbocycles. The third kappa shape index (κ3) is 2.99. The van der Waals surface area contributed by atoms with E-state index in [1.54, 1.807) is 30.3 Å². The normalized spacial score (nSPS) is 12.9. The molecule has 0 radical (unpaired) electrons. The summed E-state index contributed by atoms with van der Waals surface area (Å²) in [4.78, 5) is -0.279. The van der Waals surface area contributed by atoms with Crippen LogP contribution in [0.3, 0.4) is 0 Å². The third-order valence-corrected chi connectivity index (χ3v) is 2.44. The highest BCUT2D eigenvalue weighted by Crippen LogP contribution is 2.12. The summed E-state index contributed by atoms with van der Waals surface area (Å²) in [6.45, 7) is 1.22. The van der Waals surface area contributed by atoms with E-state index in [0.717, 1.165) is 0 Å². The molecule has 0 saturated heterocycles. The fourth-order valence-corrected chi connectivity index (χ4v) is 1.13. The Bertz CT molecular complexity index is 407. The van der Waals surface area contributed by atoms with Crippen LogP contribution in [0.4, 0.5) is 3.89 Å². The second kappa shape index (κ2) is 3.70. The standard InChI is InChI=1S/C9H9FO2S/c1-8(13(10,11)12)7-9-5-3-2-4-6-9/h2-7H,1H3. The van der Waals surface area contributed by atoms with Gasteiger partial charge in [0.05, 0.1) is 4.91 Å². The lowest BCUT2D eigenvalue weighted by atomic mass is 10.2. The van der Waals surface area contributed by atoms with Crippen molar-refractivity contribution in [3.05, 3.63) is 40.8 Å². The Balaban J connectivity index is 3.04. The van der Waals surface area contributed by atoms with Gasteiger partial charge in [0.15, 0.2) is 0 Å². The molecule has 1 aromatic rings. The van der Waals surface area contributed by atoms with Crippen molar-refractivity contribution in [2.24, 2.45) is 0 Å². The van der Waals surface area contributed by atoms with Gasteiger partial charge in [0.2, 0.25) is 0 Å². The number of halogens is 1. The lowest BCUT2D eigenvalue weighted by Gasteiger charge is -1.94. The molecule has 0 atom stereocenters. The molecule has 0 saturated carbocycles. The summed E-state index contributed by atoms with van der Waals surface area (Å²) >= 11 is 0. The average Bonchev–Trinajstić information content (AvgIpc) is 2.04. The van der Waals surface area contributed by atoms with E-state index in [-0.39, 0.29) is 4.91 Å². The predicted molar refractivity (Wildman–Crippen MR) is 50.1 cm³/mol. The minimum Gasteiger partial charge on any atom is -0.190 e. The van der Waals surface area contributed by atoms with Gasteiger partial charge in [-0.25, -0.2) is 0 Å². The highest BCUT2D eigenvalue weighted by Gasteiger charge is 2.09. The molecule has 0 spiro atoms. The lowest BCUT2D eigenvalue weighted by Crippen LogP contribution is -1.90. The average molecular weight is 200 g/mol. The smallest absolute Gasteiger partial charge is 0.190 e. The van der Waals surface area contributed by atoms with Gasteiger partial charge in [0.25, 0.3) is 0 Å². The van der Waals surface area contributed by atoms with E-state index in [0.29, 0.717) is 5.56 Å². The van der Waals surface area contributed by atoms with E-state index in [2.05, 4.69) is 0 Å². The molecule has 0 heterocycles. The molecular weight excluding hydrogens is 191 g/mol. The Hall–Kier alpha value is -1.16. The quantitative estimate of drug-likeness (QED) is 0.687. The molecule has 70 valence electrons. The Labute approximate surface area is 76.9 Å². The SMILES string of the molecule is CC(=Cc1ccccc1)S(=O)(=O)F. The number of hydrogen-bond donors (Lipinski definition) is 0. The first kappa shape index (κ1) is 9.92. The summed E-state index contributed by atoms with van der Waals surface area (Å²) in [7, 11) is -4.54. The van der Waals surface area contributed by atoms with Crippen LogP contribution in [0.1, 0.15) is 12.5 Å². The summed E-state index contributed by atoms with van der Waals surface area (Å²) in [5.74, 6) is 0. The van der Waals surface area contributed by atoms with Crippen molar-refractivity contribution in [2.45, 2.75) is 6.92 Å². The van der Waals surface area contributed by atoms with E-state index >= 15 is 0 Å². The molecule has 0 N–H and O–H groups in total. The Kier molecular flexibility index (Phi) is 2.83. The van der Waals surface area contributed by atoms with E-state index in [1.165, 1.54) is 13.0 Å². The van der Waals surface area contributed by atoms with Crippen LogP contribution in [0.2, 0.25) is 0 Å². The molecular formula is C9H9FO2S. The largest absolute Gasteiger partial charge is 0.327 e. The van der Waals surface area contributed by atoms with Gasteiger partial charge < -0.3 is 0 Å². The van der Waals surface area contributed by atoms with Crippen LogP contribution in [-0.4, -0.2) is 8.42 Å². The van der Waals surface area contributed by atoms with Crippen molar-refractivity contribution < 1.29 is 12.3 Å². The summed E-state index contributed by atoms with van der Waals surface area (Å²) in [5, 5.41) is 0. The molecule has 0 amide bonds. The molecule has 4 heteroatoms. The van der Waals surface area contributed by atoms with Gasteiger partial charge in [0.1, 0.15) is 0 Å². The molecule has 0 unspecified atom stereocenters. The van der Waals surface area contributed by atoms with Crippen LogP contribution in [0, 0.1) is 0 Å². The maximum absolute atomic E-state index is 12.4. The summed E-state index contributed by atoms with van der Waals surface area (Å²) in [6, 6.07) is 8.72. The number of allylic oxidation sites excluding steroid dienone is 1. The zero-order chi connectivity index (χ0) is 9.90. The fourth-order valence-electron chi connectivity index (χ4n) is 0.854. The van der Waals surface area contributed by atoms with Gasteiger partial charge in [-0.3, -0.25) is 0 Å². The summed E-state index contributed by atoms with van der Waals surface area (Å²) in [6.07, 6.45) is 1.29. The molecule has 1 aromatic carbocycles. The van der Waals surface area contributed by atoms with Gasteiger partial charge in [-0.1, -0.05) is 30.3 Å². The van der Waals surface area contributed by atoms with E-state index in [9.17, 15) is 12.3 Å². The van der Waals surface area contributed by atoms with Gasteiger partial charge in [-0.2, -0.15) is 8.42 Å². The topological polar surface area (TPSA) is 34.1 Å². The van der Waals surface area contributed by atoms with Crippen LogP contribution in [-0.2, 0) is 10.2 Å². The van der Waals surface area contributed by atoms with Crippen molar-refractivity contribution in [2.75, 3.05) is 0 Å². The van der Waals surface area contributed by atoms with E-state index in [4.69, 9.17) is 0 Å². The highest BCUT2D eigenvalue weighted by atomic mass is 32.3. The Morgan fingerprint density at radius 1 is 1.31 bits per heavy atom. The van der Waals surface area contributed by atoms with Crippen LogP contribution >= 0.6 is 0 Å². The predicted octanol–water partition coefficient (Wildman–Crippen LogP) is 2.35. The second-order valence-electron chi connectivity index (χ2n) is 2.60.